The average Bonchev–Trinajstić information content (AvgIpc) is 2.24. The number of rotatable bonds is 9. The normalized spacial score (nSPS) is 12.4. The van der Waals surface area contributed by atoms with Crippen molar-refractivity contribution in [3.63, 3.8) is 0 Å². The van der Waals surface area contributed by atoms with E-state index in [1.165, 1.54) is 0 Å². The molecule has 0 radical (unpaired) electrons. The molecular formula is C14H29NO2. The Balaban J connectivity index is 5.12. The minimum atomic E-state index is -0.650. The van der Waals surface area contributed by atoms with Gasteiger partial charge in [-0.2, -0.15) is 0 Å². The summed E-state index contributed by atoms with van der Waals surface area (Å²) < 4.78 is 0. The summed E-state index contributed by atoms with van der Waals surface area (Å²) in [4.78, 5) is 13.9. The van der Waals surface area contributed by atoms with Gasteiger partial charge in [-0.3, -0.25) is 9.69 Å². The molecule has 0 saturated carbocycles. The zero-order chi connectivity index (χ0) is 13.5. The van der Waals surface area contributed by atoms with Crippen LogP contribution in [0, 0.1) is 5.92 Å². The maximum Gasteiger partial charge on any atom is 0.324 e. The van der Waals surface area contributed by atoms with E-state index in [1.807, 2.05) is 0 Å². The first-order chi connectivity index (χ1) is 7.94. The van der Waals surface area contributed by atoms with Gasteiger partial charge < -0.3 is 5.11 Å². The summed E-state index contributed by atoms with van der Waals surface area (Å²) in [6.07, 6.45) is 3.33. The molecule has 0 aliphatic carbocycles. The number of carboxylic acid groups (broad SMARTS) is 1. The molecule has 3 heteroatoms. The molecule has 0 aromatic carbocycles. The van der Waals surface area contributed by atoms with Gasteiger partial charge in [0.2, 0.25) is 0 Å². The van der Waals surface area contributed by atoms with Crippen LogP contribution in [0.1, 0.15) is 60.3 Å². The lowest BCUT2D eigenvalue weighted by atomic mass is 9.86. The van der Waals surface area contributed by atoms with Gasteiger partial charge in [-0.25, -0.2) is 0 Å². The molecule has 0 fully saturated rings. The predicted molar refractivity (Wildman–Crippen MR) is 72.3 cm³/mol. The molecule has 1 N–H and O–H groups in total. The van der Waals surface area contributed by atoms with E-state index in [1.54, 1.807) is 0 Å². The number of carboxylic acids is 1. The molecule has 0 spiro atoms. The number of nitrogens with zero attached hydrogens (tertiary/aromatic N) is 1. The number of aliphatic carboxylic acids is 1. The van der Waals surface area contributed by atoms with E-state index in [0.717, 1.165) is 38.8 Å². The molecule has 0 aliphatic heterocycles. The van der Waals surface area contributed by atoms with Gasteiger partial charge in [-0.1, -0.05) is 47.5 Å². The molecular weight excluding hydrogens is 214 g/mol. The monoisotopic (exact) mass is 243 g/mol. The fraction of sp³-hybridized carbons (Fsp3) is 0.929. The van der Waals surface area contributed by atoms with Crippen LogP contribution in [0.3, 0.4) is 0 Å². The molecule has 0 aromatic heterocycles. The van der Waals surface area contributed by atoms with Gasteiger partial charge in [0.25, 0.3) is 0 Å². The summed E-state index contributed by atoms with van der Waals surface area (Å²) in [5.41, 5.74) is -0.650. The van der Waals surface area contributed by atoms with Crippen molar-refractivity contribution in [3.05, 3.63) is 0 Å². The highest BCUT2D eigenvalue weighted by Gasteiger charge is 2.41. The highest BCUT2D eigenvalue weighted by atomic mass is 16.4. The topological polar surface area (TPSA) is 40.5 Å². The first-order valence-electron chi connectivity index (χ1n) is 6.93. The Morgan fingerprint density at radius 1 is 1.18 bits per heavy atom. The van der Waals surface area contributed by atoms with E-state index in [2.05, 4.69) is 39.5 Å². The van der Waals surface area contributed by atoms with Crippen molar-refractivity contribution in [3.8, 4) is 0 Å². The number of carbonyl (C=O) groups is 1. The van der Waals surface area contributed by atoms with Crippen molar-refractivity contribution in [2.45, 2.75) is 65.8 Å². The van der Waals surface area contributed by atoms with Crippen LogP contribution in [0.4, 0.5) is 0 Å². The largest absolute Gasteiger partial charge is 0.480 e. The van der Waals surface area contributed by atoms with Crippen molar-refractivity contribution in [2.24, 2.45) is 5.92 Å². The molecule has 0 saturated heterocycles. The number of likely N-dealkylation sites (N-methyl/N-ethyl adjacent to an activating group) is 1. The van der Waals surface area contributed by atoms with Crippen LogP contribution in [0.25, 0.3) is 0 Å². The van der Waals surface area contributed by atoms with Crippen LogP contribution in [0.5, 0.6) is 0 Å². The molecule has 17 heavy (non-hydrogen) atoms. The summed E-state index contributed by atoms with van der Waals surface area (Å²) in [5, 5.41) is 9.66. The van der Waals surface area contributed by atoms with Gasteiger partial charge >= 0.3 is 5.97 Å². The molecule has 3 nitrogen and oxygen atoms in total. The van der Waals surface area contributed by atoms with Crippen LogP contribution in [0.15, 0.2) is 0 Å². The summed E-state index contributed by atoms with van der Waals surface area (Å²) in [6.45, 7) is 12.2. The SMILES string of the molecule is CCCC(CCC)(C(=O)O)N(CC)CC(C)C. The molecule has 102 valence electrons. The lowest BCUT2D eigenvalue weighted by Gasteiger charge is -2.41. The molecule has 0 atom stereocenters. The lowest BCUT2D eigenvalue weighted by molar-refractivity contribution is -0.153. The van der Waals surface area contributed by atoms with Crippen molar-refractivity contribution in [2.75, 3.05) is 13.1 Å². The zero-order valence-electron chi connectivity index (χ0n) is 12.1. The van der Waals surface area contributed by atoms with Gasteiger partial charge in [-0.15, -0.1) is 0 Å². The Morgan fingerprint density at radius 2 is 1.65 bits per heavy atom. The van der Waals surface area contributed by atoms with Crippen molar-refractivity contribution in [1.29, 1.82) is 0 Å². The second kappa shape index (κ2) is 7.70. The summed E-state index contributed by atoms with van der Waals surface area (Å²) in [5.74, 6) is -0.147. The van der Waals surface area contributed by atoms with Crippen molar-refractivity contribution >= 4 is 5.97 Å². The van der Waals surface area contributed by atoms with Gasteiger partial charge in [0, 0.05) is 6.54 Å². The highest BCUT2D eigenvalue weighted by Crippen LogP contribution is 2.28. The molecule has 0 bridgehead atoms. The first kappa shape index (κ1) is 16.4. The van der Waals surface area contributed by atoms with Crippen LogP contribution < -0.4 is 0 Å². The van der Waals surface area contributed by atoms with Gasteiger partial charge in [0.15, 0.2) is 0 Å². The second-order valence-corrected chi connectivity index (χ2v) is 5.27. The molecule has 0 heterocycles. The van der Waals surface area contributed by atoms with E-state index >= 15 is 0 Å². The third-order valence-electron chi connectivity index (χ3n) is 3.30. The smallest absolute Gasteiger partial charge is 0.324 e. The molecule has 0 amide bonds. The van der Waals surface area contributed by atoms with E-state index in [0.29, 0.717) is 5.92 Å². The first-order valence-corrected chi connectivity index (χ1v) is 6.93. The zero-order valence-corrected chi connectivity index (χ0v) is 12.1. The minimum Gasteiger partial charge on any atom is -0.480 e. The second-order valence-electron chi connectivity index (χ2n) is 5.27. The fourth-order valence-corrected chi connectivity index (χ4v) is 2.66. The quantitative estimate of drug-likeness (QED) is 0.675. The lowest BCUT2D eigenvalue weighted by Crippen LogP contribution is -2.55. The van der Waals surface area contributed by atoms with Crippen LogP contribution in [-0.4, -0.2) is 34.6 Å². The van der Waals surface area contributed by atoms with Gasteiger partial charge in [0.05, 0.1) is 0 Å². The van der Waals surface area contributed by atoms with Crippen molar-refractivity contribution < 1.29 is 9.90 Å². The maximum absolute atomic E-state index is 11.7. The third kappa shape index (κ3) is 4.30. The van der Waals surface area contributed by atoms with E-state index < -0.39 is 11.5 Å². The Morgan fingerprint density at radius 3 is 1.88 bits per heavy atom. The summed E-state index contributed by atoms with van der Waals surface area (Å²) in [6, 6.07) is 0. The fourth-order valence-electron chi connectivity index (χ4n) is 2.66. The van der Waals surface area contributed by atoms with E-state index in [9.17, 15) is 9.90 Å². The number of hydrogen-bond acceptors (Lipinski definition) is 2. The Bertz CT molecular complexity index is 220. The van der Waals surface area contributed by atoms with Crippen LogP contribution in [0.2, 0.25) is 0 Å². The van der Waals surface area contributed by atoms with E-state index in [-0.39, 0.29) is 0 Å². The van der Waals surface area contributed by atoms with Gasteiger partial charge in [-0.05, 0) is 25.3 Å². The molecule has 0 aliphatic rings. The van der Waals surface area contributed by atoms with Gasteiger partial charge in [0.1, 0.15) is 5.54 Å². The Hall–Kier alpha value is -0.570. The Kier molecular flexibility index (Phi) is 7.44. The standard InChI is InChI=1S/C14H29NO2/c1-6-9-14(10-7-2,13(16)17)15(8-3)11-12(4)5/h12H,6-11H2,1-5H3,(H,16,17). The predicted octanol–water partition coefficient (Wildman–Crippen LogP) is 3.39. The van der Waals surface area contributed by atoms with Crippen LogP contribution in [-0.2, 0) is 4.79 Å². The van der Waals surface area contributed by atoms with Crippen LogP contribution >= 0.6 is 0 Å². The minimum absolute atomic E-state index is 0.502. The maximum atomic E-state index is 11.7. The molecule has 0 rings (SSSR count). The van der Waals surface area contributed by atoms with Crippen molar-refractivity contribution in [1.82, 2.24) is 4.90 Å². The number of hydrogen-bond donors (Lipinski definition) is 1. The highest BCUT2D eigenvalue weighted by molar-refractivity contribution is 5.78. The summed E-state index contributed by atoms with van der Waals surface area (Å²) in [7, 11) is 0. The third-order valence-corrected chi connectivity index (χ3v) is 3.30. The molecule has 0 unspecified atom stereocenters. The average molecular weight is 243 g/mol. The summed E-state index contributed by atoms with van der Waals surface area (Å²) >= 11 is 0. The Labute approximate surface area is 106 Å². The van der Waals surface area contributed by atoms with E-state index in [4.69, 9.17) is 0 Å². The molecule has 0 aromatic rings.